The Bertz CT molecular complexity index is 848. The standard InChI is InChI=1S/C19H23N5O3/c25-18-6-5-15(13-7-9-20-10-8-13)23-24(18)17-12-27-11-16(17)22-19(26)21-14-3-1-2-4-14/h5-10,14,16-17H,1-4,11-12H2,(H2,21,22,26). The van der Waals surface area contributed by atoms with E-state index in [1.165, 1.54) is 10.7 Å². The third-order valence-corrected chi connectivity index (χ3v) is 5.17. The Balaban J connectivity index is 1.51. The van der Waals surface area contributed by atoms with Crippen molar-refractivity contribution in [2.75, 3.05) is 13.2 Å². The number of carbonyl (C=O) groups excluding carboxylic acids is 1. The van der Waals surface area contributed by atoms with Crippen molar-refractivity contribution in [3.05, 3.63) is 47.0 Å². The molecule has 1 saturated heterocycles. The number of aromatic nitrogens is 3. The average molecular weight is 369 g/mol. The molecule has 2 unspecified atom stereocenters. The van der Waals surface area contributed by atoms with E-state index in [1.54, 1.807) is 18.5 Å². The topological polar surface area (TPSA) is 98.1 Å². The minimum absolute atomic E-state index is 0.208. The fourth-order valence-corrected chi connectivity index (χ4v) is 3.73. The molecule has 2 amide bonds. The van der Waals surface area contributed by atoms with Crippen molar-refractivity contribution < 1.29 is 9.53 Å². The van der Waals surface area contributed by atoms with E-state index in [0.29, 0.717) is 18.9 Å². The second-order valence-corrected chi connectivity index (χ2v) is 7.05. The van der Waals surface area contributed by atoms with Crippen LogP contribution in [0.1, 0.15) is 31.7 Å². The van der Waals surface area contributed by atoms with Crippen LogP contribution >= 0.6 is 0 Å². The molecule has 4 rings (SSSR count). The molecule has 2 aromatic rings. The van der Waals surface area contributed by atoms with Crippen LogP contribution in [0, 0.1) is 0 Å². The Morgan fingerprint density at radius 1 is 1.07 bits per heavy atom. The largest absolute Gasteiger partial charge is 0.377 e. The van der Waals surface area contributed by atoms with Gasteiger partial charge in [-0.05, 0) is 31.0 Å². The first kappa shape index (κ1) is 17.7. The lowest BCUT2D eigenvalue weighted by molar-refractivity contribution is 0.180. The van der Waals surface area contributed by atoms with Crippen LogP contribution < -0.4 is 16.2 Å². The van der Waals surface area contributed by atoms with E-state index in [4.69, 9.17) is 4.74 Å². The van der Waals surface area contributed by atoms with Gasteiger partial charge in [0.15, 0.2) is 0 Å². The van der Waals surface area contributed by atoms with Gasteiger partial charge in [-0.25, -0.2) is 9.48 Å². The van der Waals surface area contributed by atoms with Gasteiger partial charge in [-0.1, -0.05) is 12.8 Å². The van der Waals surface area contributed by atoms with Crippen molar-refractivity contribution in [2.45, 2.75) is 43.8 Å². The summed E-state index contributed by atoms with van der Waals surface area (Å²) in [6.07, 6.45) is 7.72. The minimum atomic E-state index is -0.339. The Hall–Kier alpha value is -2.74. The summed E-state index contributed by atoms with van der Waals surface area (Å²) in [5.74, 6) is 0. The molecule has 2 fully saturated rings. The maximum absolute atomic E-state index is 12.4. The van der Waals surface area contributed by atoms with E-state index in [9.17, 15) is 9.59 Å². The van der Waals surface area contributed by atoms with Crippen molar-refractivity contribution >= 4 is 6.03 Å². The summed E-state index contributed by atoms with van der Waals surface area (Å²) in [6.45, 7) is 0.692. The van der Waals surface area contributed by atoms with Crippen molar-refractivity contribution in [3.63, 3.8) is 0 Å². The summed E-state index contributed by atoms with van der Waals surface area (Å²) in [6, 6.07) is 6.26. The second kappa shape index (κ2) is 7.87. The van der Waals surface area contributed by atoms with Crippen molar-refractivity contribution in [1.29, 1.82) is 0 Å². The van der Waals surface area contributed by atoms with E-state index in [1.807, 2.05) is 12.1 Å². The number of rotatable bonds is 4. The van der Waals surface area contributed by atoms with Crippen LogP contribution in [-0.2, 0) is 4.74 Å². The zero-order valence-electron chi connectivity index (χ0n) is 15.0. The molecule has 27 heavy (non-hydrogen) atoms. The highest BCUT2D eigenvalue weighted by Gasteiger charge is 2.33. The molecule has 3 heterocycles. The Kier molecular flexibility index (Phi) is 5.15. The maximum atomic E-state index is 12.4. The number of pyridine rings is 1. The molecule has 8 nitrogen and oxygen atoms in total. The number of hydrogen-bond acceptors (Lipinski definition) is 5. The SMILES string of the molecule is O=C(NC1CCCC1)NC1COCC1n1nc(-c2ccncc2)ccc1=O. The van der Waals surface area contributed by atoms with Gasteiger partial charge < -0.3 is 15.4 Å². The summed E-state index contributed by atoms with van der Waals surface area (Å²) >= 11 is 0. The number of carbonyl (C=O) groups is 1. The summed E-state index contributed by atoms with van der Waals surface area (Å²) < 4.78 is 6.96. The Morgan fingerprint density at radius 2 is 1.85 bits per heavy atom. The lowest BCUT2D eigenvalue weighted by atomic mass is 10.1. The molecule has 0 aromatic carbocycles. The van der Waals surface area contributed by atoms with Gasteiger partial charge in [-0.2, -0.15) is 5.10 Å². The van der Waals surface area contributed by atoms with Crippen molar-refractivity contribution in [2.24, 2.45) is 0 Å². The molecule has 142 valence electrons. The van der Waals surface area contributed by atoms with Gasteiger partial charge in [0.1, 0.15) is 6.04 Å². The monoisotopic (exact) mass is 369 g/mol. The Labute approximate surface area is 156 Å². The molecule has 8 heteroatoms. The fourth-order valence-electron chi connectivity index (χ4n) is 3.73. The van der Waals surface area contributed by atoms with Gasteiger partial charge in [-0.3, -0.25) is 9.78 Å². The lowest BCUT2D eigenvalue weighted by Crippen LogP contribution is -2.49. The summed E-state index contributed by atoms with van der Waals surface area (Å²) in [5.41, 5.74) is 1.34. The number of nitrogens with one attached hydrogen (secondary N) is 2. The molecule has 2 aromatic heterocycles. The molecular formula is C19H23N5O3. The second-order valence-electron chi connectivity index (χ2n) is 7.05. The van der Waals surface area contributed by atoms with E-state index >= 15 is 0 Å². The van der Waals surface area contributed by atoms with E-state index in [-0.39, 0.29) is 29.7 Å². The zero-order valence-corrected chi connectivity index (χ0v) is 15.0. The number of hydrogen-bond donors (Lipinski definition) is 2. The molecule has 1 aliphatic carbocycles. The van der Waals surface area contributed by atoms with Crippen molar-refractivity contribution in [1.82, 2.24) is 25.4 Å². The molecule has 2 aliphatic rings. The van der Waals surface area contributed by atoms with E-state index in [2.05, 4.69) is 20.7 Å². The number of ether oxygens (including phenoxy) is 1. The van der Waals surface area contributed by atoms with Crippen LogP contribution in [0.25, 0.3) is 11.3 Å². The predicted octanol–water partition coefficient (Wildman–Crippen LogP) is 1.49. The quantitative estimate of drug-likeness (QED) is 0.851. The average Bonchev–Trinajstić information content (AvgIpc) is 3.35. The fraction of sp³-hybridized carbons (Fsp3) is 0.474. The van der Waals surface area contributed by atoms with Gasteiger partial charge in [0, 0.05) is 30.1 Å². The number of nitrogens with zero attached hydrogens (tertiary/aromatic N) is 3. The zero-order chi connectivity index (χ0) is 18.6. The van der Waals surface area contributed by atoms with Gasteiger partial charge in [0.05, 0.1) is 24.9 Å². The normalized spacial score (nSPS) is 22.7. The smallest absolute Gasteiger partial charge is 0.315 e. The molecule has 1 aliphatic heterocycles. The first-order valence-electron chi connectivity index (χ1n) is 9.36. The molecule has 0 bridgehead atoms. The highest BCUT2D eigenvalue weighted by atomic mass is 16.5. The minimum Gasteiger partial charge on any atom is -0.377 e. The van der Waals surface area contributed by atoms with E-state index in [0.717, 1.165) is 31.2 Å². The van der Waals surface area contributed by atoms with Gasteiger partial charge in [0.25, 0.3) is 5.56 Å². The third-order valence-electron chi connectivity index (χ3n) is 5.17. The van der Waals surface area contributed by atoms with Gasteiger partial charge in [-0.15, -0.1) is 0 Å². The molecule has 1 saturated carbocycles. The highest BCUT2D eigenvalue weighted by Crippen LogP contribution is 2.21. The summed E-state index contributed by atoms with van der Waals surface area (Å²) in [4.78, 5) is 28.7. The van der Waals surface area contributed by atoms with Gasteiger partial charge in [0.2, 0.25) is 0 Å². The Morgan fingerprint density at radius 3 is 2.63 bits per heavy atom. The van der Waals surface area contributed by atoms with Crippen LogP contribution in [0.5, 0.6) is 0 Å². The maximum Gasteiger partial charge on any atom is 0.315 e. The highest BCUT2D eigenvalue weighted by molar-refractivity contribution is 5.74. The molecule has 0 radical (unpaired) electrons. The number of amides is 2. The van der Waals surface area contributed by atoms with Crippen molar-refractivity contribution in [3.8, 4) is 11.3 Å². The molecular weight excluding hydrogens is 346 g/mol. The van der Waals surface area contributed by atoms with Crippen LogP contribution in [0.2, 0.25) is 0 Å². The van der Waals surface area contributed by atoms with E-state index < -0.39 is 0 Å². The third kappa shape index (κ3) is 4.00. The van der Waals surface area contributed by atoms with Crippen LogP contribution in [0.3, 0.4) is 0 Å². The molecule has 2 N–H and O–H groups in total. The molecule has 0 spiro atoms. The first-order chi connectivity index (χ1) is 13.2. The number of urea groups is 1. The van der Waals surface area contributed by atoms with Crippen LogP contribution in [-0.4, -0.2) is 46.1 Å². The van der Waals surface area contributed by atoms with Gasteiger partial charge >= 0.3 is 6.03 Å². The van der Waals surface area contributed by atoms with Crippen LogP contribution in [0.4, 0.5) is 4.79 Å². The predicted molar refractivity (Wildman–Crippen MR) is 99.3 cm³/mol. The lowest BCUT2D eigenvalue weighted by Gasteiger charge is -2.22. The van der Waals surface area contributed by atoms with Crippen LogP contribution in [0.15, 0.2) is 41.5 Å². The summed E-state index contributed by atoms with van der Waals surface area (Å²) in [5, 5.41) is 10.5. The first-order valence-corrected chi connectivity index (χ1v) is 9.36. The molecule has 2 atom stereocenters. The summed E-state index contributed by atoms with van der Waals surface area (Å²) in [7, 11) is 0.